The lowest BCUT2D eigenvalue weighted by molar-refractivity contribution is -0.142. The van der Waals surface area contributed by atoms with Crippen LogP contribution < -0.4 is 36.9 Å². The Bertz CT molecular complexity index is 3700. The highest BCUT2D eigenvalue weighted by Gasteiger charge is 2.35. The highest BCUT2D eigenvalue weighted by atomic mass is 19.4. The zero-order chi connectivity index (χ0) is 61.1. The van der Waals surface area contributed by atoms with Gasteiger partial charge in [0.25, 0.3) is 11.1 Å². The van der Waals surface area contributed by atoms with Gasteiger partial charge in [0.15, 0.2) is 11.6 Å². The van der Waals surface area contributed by atoms with Crippen molar-refractivity contribution in [2.75, 3.05) is 99.2 Å². The summed E-state index contributed by atoms with van der Waals surface area (Å²) in [7, 11) is 0. The molecule has 0 spiro atoms. The fraction of sp³-hybridized carbons (Fsp3) is 0.509. The van der Waals surface area contributed by atoms with E-state index in [0.29, 0.717) is 139 Å². The van der Waals surface area contributed by atoms with Crippen LogP contribution in [0, 0.1) is 13.8 Å². The number of nitrogens with zero attached hydrogens (tertiary/aromatic N) is 13. The number of nitrogens with one attached hydrogen (secondary N) is 3. The standard InChI is InChI=1S/C30H37F3N8O5.C25H29F3N8O3/c1-6-21-24(38-9-11-39(12-10-38)28(44)46-29(3,4)5)26(43)41-27(36-25(37-41)19-7-13-45-14-8-19)40(21)17-23(42)35-20-16-34-22(15-18(20)2)30(31,32)33;1-3-18-21(34-8-6-29-7-9-34)23(38)36-24(32-22(33-36)16-4-10-39-11-5-16)35(18)14-20(37)31-17-13-30-19(12-15(17)2)25(26,27)28/h7,15-16H,6,8-14,17H2,1-5H3,(H,35,42);4,12-13,29H,3,5-11,14H2,1-2H3,(H,31,37). The van der Waals surface area contributed by atoms with Crippen molar-refractivity contribution in [3.8, 4) is 0 Å². The second-order valence-corrected chi connectivity index (χ2v) is 21.5. The third-order valence-electron chi connectivity index (χ3n) is 14.5. The molecule has 10 heterocycles. The summed E-state index contributed by atoms with van der Waals surface area (Å²) in [6, 6.07) is 1.76. The molecule has 456 valence electrons. The molecular weight excluding hydrogens is 1130 g/mol. The second kappa shape index (κ2) is 25.1. The van der Waals surface area contributed by atoms with E-state index >= 15 is 0 Å². The average Bonchev–Trinajstić information content (AvgIpc) is 1.83. The van der Waals surface area contributed by atoms with Gasteiger partial charge in [-0.1, -0.05) is 26.0 Å². The molecule has 0 atom stereocenters. The average molecular weight is 1190 g/mol. The molecular formula is C55H66F6N16O8. The van der Waals surface area contributed by atoms with Gasteiger partial charge in [0.05, 0.1) is 61.6 Å². The first-order chi connectivity index (χ1) is 40.3. The van der Waals surface area contributed by atoms with Gasteiger partial charge in [0.1, 0.15) is 41.5 Å². The summed E-state index contributed by atoms with van der Waals surface area (Å²) in [5.74, 6) is 0.0490. The van der Waals surface area contributed by atoms with Crippen LogP contribution in [-0.2, 0) is 62.1 Å². The minimum Gasteiger partial charge on any atom is -0.444 e. The number of aryl methyl sites for hydroxylation is 2. The van der Waals surface area contributed by atoms with Gasteiger partial charge in [-0.15, -0.1) is 10.2 Å². The largest absolute Gasteiger partial charge is 0.444 e. The Hall–Kier alpha value is -8.25. The molecule has 0 aliphatic carbocycles. The third kappa shape index (κ3) is 13.8. The molecule has 2 fully saturated rings. The van der Waals surface area contributed by atoms with Gasteiger partial charge < -0.3 is 54.0 Å². The number of amides is 3. The van der Waals surface area contributed by atoms with Crippen LogP contribution in [0.5, 0.6) is 0 Å². The Labute approximate surface area is 482 Å². The van der Waals surface area contributed by atoms with Gasteiger partial charge >= 0.3 is 18.4 Å². The molecule has 30 heteroatoms. The second-order valence-electron chi connectivity index (χ2n) is 21.5. The Morgan fingerprint density at radius 3 is 1.44 bits per heavy atom. The molecule has 0 unspecified atom stereocenters. The molecule has 4 aliphatic rings. The minimum atomic E-state index is -4.62. The quantitative estimate of drug-likeness (QED) is 0.124. The molecule has 0 bridgehead atoms. The minimum absolute atomic E-state index is 0.126. The summed E-state index contributed by atoms with van der Waals surface area (Å²) in [4.78, 5) is 88.8. The van der Waals surface area contributed by atoms with Crippen LogP contribution in [0.2, 0.25) is 0 Å². The van der Waals surface area contributed by atoms with Gasteiger partial charge in [0, 0.05) is 52.4 Å². The van der Waals surface area contributed by atoms with Gasteiger partial charge in [-0.25, -0.2) is 14.8 Å². The van der Waals surface area contributed by atoms with E-state index in [4.69, 9.17) is 14.2 Å². The number of anilines is 4. The van der Waals surface area contributed by atoms with Crippen LogP contribution in [0.15, 0.2) is 46.3 Å². The lowest BCUT2D eigenvalue weighted by atomic mass is 10.1. The predicted molar refractivity (Wildman–Crippen MR) is 300 cm³/mol. The van der Waals surface area contributed by atoms with E-state index in [2.05, 4.69) is 46.1 Å². The fourth-order valence-electron chi connectivity index (χ4n) is 10.3. The number of alkyl halides is 6. The van der Waals surface area contributed by atoms with E-state index in [1.807, 2.05) is 35.8 Å². The first-order valence-electron chi connectivity index (χ1n) is 27.8. The number of hydrogen-bond donors (Lipinski definition) is 3. The zero-order valence-electron chi connectivity index (χ0n) is 48.0. The molecule has 24 nitrogen and oxygen atoms in total. The number of hydrogen-bond acceptors (Lipinski definition) is 17. The number of rotatable bonds is 12. The first kappa shape index (κ1) is 61.3. The SMILES string of the molecule is CCc1c(N2CCN(C(=O)OC(C)(C)C)CC2)c(=O)n2nc(C3=CCOCC3)nc2n1CC(=O)Nc1cnc(C(F)(F)F)cc1C.CCc1c(N2CCNCC2)c(=O)n2nc(C3=CCOCC3)nc2n1CC(=O)Nc1cnc(C(F)(F)F)cc1C. The van der Waals surface area contributed by atoms with E-state index in [-0.39, 0.29) is 52.7 Å². The molecule has 0 saturated carbocycles. The number of pyridine rings is 2. The Balaban J connectivity index is 0.000000206. The maximum atomic E-state index is 14.0. The molecule has 2 saturated heterocycles. The summed E-state index contributed by atoms with van der Waals surface area (Å²) >= 11 is 0. The monoisotopic (exact) mass is 1190 g/mol. The molecule has 10 rings (SSSR count). The number of piperazine rings is 2. The number of fused-ring (bicyclic) bond motifs is 2. The van der Waals surface area contributed by atoms with Gasteiger partial charge in [-0.2, -0.15) is 45.3 Å². The van der Waals surface area contributed by atoms with Crippen molar-refractivity contribution in [2.45, 2.75) is 105 Å². The molecule has 4 aliphatic heterocycles. The topological polar surface area (TPSA) is 255 Å². The maximum Gasteiger partial charge on any atom is 0.433 e. The van der Waals surface area contributed by atoms with Gasteiger partial charge in [0.2, 0.25) is 23.4 Å². The van der Waals surface area contributed by atoms with Crippen molar-refractivity contribution >= 4 is 63.4 Å². The van der Waals surface area contributed by atoms with Crippen LogP contribution >= 0.6 is 0 Å². The predicted octanol–water partition coefficient (Wildman–Crippen LogP) is 5.70. The summed E-state index contributed by atoms with van der Waals surface area (Å²) in [5.41, 5.74) is 0.853. The molecule has 6 aromatic heterocycles. The molecule has 3 N–H and O–H groups in total. The molecule has 6 aromatic rings. The van der Waals surface area contributed by atoms with Crippen LogP contribution in [0.3, 0.4) is 0 Å². The van der Waals surface area contributed by atoms with E-state index in [1.165, 1.54) is 22.9 Å². The van der Waals surface area contributed by atoms with Crippen LogP contribution in [0.1, 0.15) is 93.0 Å². The van der Waals surface area contributed by atoms with Crippen molar-refractivity contribution in [3.63, 3.8) is 0 Å². The summed E-state index contributed by atoms with van der Waals surface area (Å²) in [6.07, 6.45) is -2.03. The Morgan fingerprint density at radius 1 is 0.647 bits per heavy atom. The van der Waals surface area contributed by atoms with Crippen LogP contribution in [0.4, 0.5) is 53.9 Å². The van der Waals surface area contributed by atoms with Crippen molar-refractivity contribution in [1.82, 2.24) is 58.5 Å². The highest BCUT2D eigenvalue weighted by molar-refractivity contribution is 5.92. The number of carbonyl (C=O) groups excluding carboxylic acids is 3. The number of halogens is 6. The smallest absolute Gasteiger partial charge is 0.433 e. The zero-order valence-corrected chi connectivity index (χ0v) is 48.0. The summed E-state index contributed by atoms with van der Waals surface area (Å²) in [5, 5.41) is 17.6. The van der Waals surface area contributed by atoms with E-state index < -0.39 is 52.8 Å². The molecule has 85 heavy (non-hydrogen) atoms. The van der Waals surface area contributed by atoms with Crippen molar-refractivity contribution in [3.05, 3.63) is 103 Å². The van der Waals surface area contributed by atoms with Crippen LogP contribution in [-0.4, -0.2) is 155 Å². The van der Waals surface area contributed by atoms with E-state index in [0.717, 1.165) is 35.7 Å². The summed E-state index contributed by atoms with van der Waals surface area (Å²) in [6.45, 7) is 17.2. The normalized spacial score (nSPS) is 16.2. The fourth-order valence-corrected chi connectivity index (χ4v) is 10.3. The van der Waals surface area contributed by atoms with Gasteiger partial charge in [-0.05, 0) is 94.7 Å². The maximum absolute atomic E-state index is 14.0. The Morgan fingerprint density at radius 2 is 1.07 bits per heavy atom. The summed E-state index contributed by atoms with van der Waals surface area (Å²) < 4.78 is 100. The van der Waals surface area contributed by atoms with Crippen molar-refractivity contribution in [1.29, 1.82) is 0 Å². The lowest BCUT2D eigenvalue weighted by Gasteiger charge is -2.37. The lowest BCUT2D eigenvalue weighted by Crippen LogP contribution is -2.51. The van der Waals surface area contributed by atoms with Crippen LogP contribution in [0.25, 0.3) is 22.7 Å². The molecule has 0 radical (unpaired) electrons. The number of aromatic nitrogens is 10. The van der Waals surface area contributed by atoms with E-state index in [9.17, 15) is 50.3 Å². The third-order valence-corrected chi connectivity index (χ3v) is 14.5. The van der Waals surface area contributed by atoms with Crippen molar-refractivity contribution < 1.29 is 54.9 Å². The Kier molecular flexibility index (Phi) is 18.1. The van der Waals surface area contributed by atoms with Crippen molar-refractivity contribution in [2.24, 2.45) is 0 Å². The van der Waals surface area contributed by atoms with Gasteiger partial charge in [-0.3, -0.25) is 19.2 Å². The number of carbonyl (C=O) groups is 3. The molecule has 0 aromatic carbocycles. The molecule has 3 amide bonds. The number of ether oxygens (including phenoxy) is 3. The first-order valence-corrected chi connectivity index (χ1v) is 27.8. The highest BCUT2D eigenvalue weighted by Crippen LogP contribution is 2.32. The van der Waals surface area contributed by atoms with E-state index in [1.54, 1.807) is 34.8 Å².